The van der Waals surface area contributed by atoms with Gasteiger partial charge in [-0.15, -0.1) is 0 Å². The highest BCUT2D eigenvalue weighted by Gasteiger charge is 2.28. The molecular weight excluding hydrogens is 238 g/mol. The number of carbonyl (C=O) groups is 1. The number of carbonyl (C=O) groups excluding carboxylic acids is 1. The number of ketones is 1. The lowest BCUT2D eigenvalue weighted by Crippen LogP contribution is -2.34. The van der Waals surface area contributed by atoms with Gasteiger partial charge in [0.2, 0.25) is 0 Å². The lowest BCUT2D eigenvalue weighted by molar-refractivity contribution is -0.126. The Labute approximate surface area is 116 Å². The summed E-state index contributed by atoms with van der Waals surface area (Å²) in [6.07, 6.45) is 4.13. The third-order valence-electron chi connectivity index (χ3n) is 4.20. The van der Waals surface area contributed by atoms with E-state index in [9.17, 15) is 4.79 Å². The molecule has 1 aromatic heterocycles. The SMILES string of the molecule is CCC1CCC(=O)C(CN(C)Cc2ccc(C)o2)C1. The highest BCUT2D eigenvalue weighted by Crippen LogP contribution is 2.29. The van der Waals surface area contributed by atoms with Crippen LogP contribution in [0.3, 0.4) is 0 Å². The van der Waals surface area contributed by atoms with Crippen molar-refractivity contribution in [1.82, 2.24) is 4.90 Å². The van der Waals surface area contributed by atoms with E-state index in [1.807, 2.05) is 19.1 Å². The van der Waals surface area contributed by atoms with E-state index in [1.165, 1.54) is 6.42 Å². The number of hydrogen-bond donors (Lipinski definition) is 0. The Hall–Kier alpha value is -1.09. The van der Waals surface area contributed by atoms with Crippen LogP contribution in [0.15, 0.2) is 16.5 Å². The second kappa shape index (κ2) is 6.38. The van der Waals surface area contributed by atoms with Crippen molar-refractivity contribution >= 4 is 5.78 Å². The molecule has 2 atom stereocenters. The van der Waals surface area contributed by atoms with Gasteiger partial charge in [0.05, 0.1) is 6.54 Å². The Kier molecular flexibility index (Phi) is 4.81. The molecule has 0 spiro atoms. The monoisotopic (exact) mass is 263 g/mol. The second-order valence-corrected chi connectivity index (χ2v) is 5.92. The van der Waals surface area contributed by atoms with E-state index in [1.54, 1.807) is 0 Å². The van der Waals surface area contributed by atoms with Crippen molar-refractivity contribution in [2.75, 3.05) is 13.6 Å². The Bertz CT molecular complexity index is 424. The Balaban J connectivity index is 1.86. The minimum Gasteiger partial charge on any atom is -0.465 e. The Morgan fingerprint density at radius 1 is 1.42 bits per heavy atom. The summed E-state index contributed by atoms with van der Waals surface area (Å²) in [6.45, 7) is 5.83. The molecule has 1 fully saturated rings. The summed E-state index contributed by atoms with van der Waals surface area (Å²) < 4.78 is 5.59. The zero-order valence-electron chi connectivity index (χ0n) is 12.3. The normalized spacial score (nSPS) is 24.1. The van der Waals surface area contributed by atoms with Crippen molar-refractivity contribution in [2.45, 2.75) is 46.1 Å². The van der Waals surface area contributed by atoms with E-state index < -0.39 is 0 Å². The largest absolute Gasteiger partial charge is 0.465 e. The van der Waals surface area contributed by atoms with E-state index in [0.717, 1.165) is 49.8 Å². The number of rotatable bonds is 5. The number of furan rings is 1. The quantitative estimate of drug-likeness (QED) is 0.816. The van der Waals surface area contributed by atoms with Crippen LogP contribution >= 0.6 is 0 Å². The fourth-order valence-electron chi connectivity index (χ4n) is 3.03. The van der Waals surface area contributed by atoms with Gasteiger partial charge in [-0.2, -0.15) is 0 Å². The van der Waals surface area contributed by atoms with E-state index in [-0.39, 0.29) is 5.92 Å². The average Bonchev–Trinajstić information content (AvgIpc) is 2.77. The van der Waals surface area contributed by atoms with Crippen LogP contribution in [0.25, 0.3) is 0 Å². The molecular formula is C16H25NO2. The molecule has 3 heteroatoms. The minimum absolute atomic E-state index is 0.222. The molecule has 2 unspecified atom stereocenters. The fourth-order valence-corrected chi connectivity index (χ4v) is 3.03. The van der Waals surface area contributed by atoms with Crippen molar-refractivity contribution in [3.8, 4) is 0 Å². The van der Waals surface area contributed by atoms with Gasteiger partial charge in [-0.05, 0) is 44.9 Å². The molecule has 0 radical (unpaired) electrons. The third-order valence-corrected chi connectivity index (χ3v) is 4.20. The number of nitrogens with zero attached hydrogens (tertiary/aromatic N) is 1. The van der Waals surface area contributed by atoms with Crippen molar-refractivity contribution < 1.29 is 9.21 Å². The van der Waals surface area contributed by atoms with Crippen molar-refractivity contribution in [3.05, 3.63) is 23.7 Å². The van der Waals surface area contributed by atoms with Gasteiger partial charge in [0.15, 0.2) is 0 Å². The maximum atomic E-state index is 12.0. The van der Waals surface area contributed by atoms with Gasteiger partial charge in [0.25, 0.3) is 0 Å². The molecule has 1 aliphatic carbocycles. The van der Waals surface area contributed by atoms with Crippen LogP contribution in [0.1, 0.15) is 44.1 Å². The first-order valence-electron chi connectivity index (χ1n) is 7.35. The van der Waals surface area contributed by atoms with Gasteiger partial charge < -0.3 is 4.42 Å². The second-order valence-electron chi connectivity index (χ2n) is 5.92. The first-order chi connectivity index (χ1) is 9.08. The number of Topliss-reactive ketones (excluding diaryl/α,β-unsaturated/α-hetero) is 1. The first kappa shape index (κ1) is 14.3. The van der Waals surface area contributed by atoms with Gasteiger partial charge in [-0.3, -0.25) is 9.69 Å². The lowest BCUT2D eigenvalue weighted by atomic mass is 9.79. The maximum Gasteiger partial charge on any atom is 0.137 e. The fraction of sp³-hybridized carbons (Fsp3) is 0.688. The summed E-state index contributed by atoms with van der Waals surface area (Å²) in [7, 11) is 2.07. The summed E-state index contributed by atoms with van der Waals surface area (Å²) in [4.78, 5) is 14.2. The molecule has 0 N–H and O–H groups in total. The van der Waals surface area contributed by atoms with E-state index in [2.05, 4.69) is 18.9 Å². The molecule has 1 aliphatic rings. The number of hydrogen-bond acceptors (Lipinski definition) is 3. The van der Waals surface area contributed by atoms with E-state index in [4.69, 9.17) is 4.42 Å². The van der Waals surface area contributed by atoms with Gasteiger partial charge >= 0.3 is 0 Å². The van der Waals surface area contributed by atoms with Crippen LogP contribution in [-0.2, 0) is 11.3 Å². The van der Waals surface area contributed by atoms with Crippen LogP contribution in [0.4, 0.5) is 0 Å². The Morgan fingerprint density at radius 3 is 2.84 bits per heavy atom. The van der Waals surface area contributed by atoms with Crippen LogP contribution in [-0.4, -0.2) is 24.3 Å². The molecule has 0 bridgehead atoms. The van der Waals surface area contributed by atoms with Crippen LogP contribution < -0.4 is 0 Å². The summed E-state index contributed by atoms with van der Waals surface area (Å²) in [5.41, 5.74) is 0. The van der Waals surface area contributed by atoms with Gasteiger partial charge in [0, 0.05) is 18.9 Å². The lowest BCUT2D eigenvalue weighted by Gasteiger charge is -2.30. The van der Waals surface area contributed by atoms with Gasteiger partial charge in [-0.1, -0.05) is 13.3 Å². The van der Waals surface area contributed by atoms with Gasteiger partial charge in [-0.25, -0.2) is 0 Å². The standard InChI is InChI=1S/C16H25NO2/c1-4-13-6-8-16(18)14(9-13)10-17(3)11-15-7-5-12(2)19-15/h5,7,13-14H,4,6,8-11H2,1-3H3. The molecule has 3 nitrogen and oxygen atoms in total. The maximum absolute atomic E-state index is 12.0. The smallest absolute Gasteiger partial charge is 0.137 e. The zero-order chi connectivity index (χ0) is 13.8. The Morgan fingerprint density at radius 2 is 2.21 bits per heavy atom. The van der Waals surface area contributed by atoms with Crippen LogP contribution in [0, 0.1) is 18.8 Å². The highest BCUT2D eigenvalue weighted by molar-refractivity contribution is 5.81. The molecule has 1 saturated carbocycles. The zero-order valence-corrected chi connectivity index (χ0v) is 12.3. The molecule has 0 aromatic carbocycles. The first-order valence-corrected chi connectivity index (χ1v) is 7.35. The van der Waals surface area contributed by atoms with Crippen LogP contribution in [0.2, 0.25) is 0 Å². The summed E-state index contributed by atoms with van der Waals surface area (Å²) in [5.74, 6) is 3.34. The molecule has 1 heterocycles. The molecule has 106 valence electrons. The minimum atomic E-state index is 0.222. The molecule has 1 aromatic rings. The summed E-state index contributed by atoms with van der Waals surface area (Å²) in [5, 5.41) is 0. The molecule has 0 amide bonds. The number of aryl methyl sites for hydroxylation is 1. The molecule has 19 heavy (non-hydrogen) atoms. The van der Waals surface area contributed by atoms with Gasteiger partial charge in [0.1, 0.15) is 17.3 Å². The van der Waals surface area contributed by atoms with E-state index >= 15 is 0 Å². The topological polar surface area (TPSA) is 33.5 Å². The third kappa shape index (κ3) is 3.93. The summed E-state index contributed by atoms with van der Waals surface area (Å²) in [6, 6.07) is 4.01. The summed E-state index contributed by atoms with van der Waals surface area (Å²) >= 11 is 0. The highest BCUT2D eigenvalue weighted by atomic mass is 16.3. The van der Waals surface area contributed by atoms with Crippen molar-refractivity contribution in [1.29, 1.82) is 0 Å². The average molecular weight is 263 g/mol. The van der Waals surface area contributed by atoms with Crippen molar-refractivity contribution in [3.63, 3.8) is 0 Å². The van der Waals surface area contributed by atoms with Crippen molar-refractivity contribution in [2.24, 2.45) is 11.8 Å². The predicted octanol–water partition coefficient (Wildman–Crippen LogP) is 3.42. The molecule has 0 aliphatic heterocycles. The molecule has 0 saturated heterocycles. The molecule has 2 rings (SSSR count). The van der Waals surface area contributed by atoms with Crippen LogP contribution in [0.5, 0.6) is 0 Å². The predicted molar refractivity (Wildman–Crippen MR) is 75.9 cm³/mol. The van der Waals surface area contributed by atoms with E-state index in [0.29, 0.717) is 5.78 Å².